The van der Waals surface area contributed by atoms with Gasteiger partial charge in [0.25, 0.3) is 0 Å². The highest BCUT2D eigenvalue weighted by Crippen LogP contribution is 2.20. The third kappa shape index (κ3) is 4.50. The Balaban J connectivity index is 1.87. The van der Waals surface area contributed by atoms with Gasteiger partial charge >= 0.3 is 0 Å². The Bertz CT molecular complexity index is 582. The van der Waals surface area contributed by atoms with E-state index < -0.39 is 0 Å². The van der Waals surface area contributed by atoms with E-state index in [0.717, 1.165) is 29.2 Å². The van der Waals surface area contributed by atoms with Crippen molar-refractivity contribution in [2.45, 2.75) is 6.42 Å². The largest absolute Gasteiger partial charge is 0.496 e. The summed E-state index contributed by atoms with van der Waals surface area (Å²) in [6.07, 6.45) is 1.98. The highest BCUT2D eigenvalue weighted by Gasteiger charge is 2.02. The molecule has 0 fully saturated rings. The lowest BCUT2D eigenvalue weighted by molar-refractivity contribution is 0.240. The Morgan fingerprint density at radius 2 is 1.90 bits per heavy atom. The van der Waals surface area contributed by atoms with Crippen LogP contribution in [0.4, 0.5) is 5.69 Å². The van der Waals surface area contributed by atoms with E-state index in [4.69, 9.17) is 14.7 Å². The normalized spacial score (nSPS) is 10.6. The number of benzene rings is 2. The van der Waals surface area contributed by atoms with Gasteiger partial charge in [-0.3, -0.25) is 10.7 Å². The molecule has 0 saturated carbocycles. The summed E-state index contributed by atoms with van der Waals surface area (Å²) < 4.78 is 11.0. The summed E-state index contributed by atoms with van der Waals surface area (Å²) in [5.41, 5.74) is 3.71. The first-order valence-electron chi connectivity index (χ1n) is 6.60. The third-order valence-corrected chi connectivity index (χ3v) is 2.94. The molecule has 0 saturated heterocycles. The van der Waals surface area contributed by atoms with Crippen LogP contribution in [-0.4, -0.2) is 25.3 Å². The average Bonchev–Trinajstić information content (AvgIpc) is 2.54. The van der Waals surface area contributed by atoms with Crippen molar-refractivity contribution in [1.82, 2.24) is 5.48 Å². The second-order valence-electron chi connectivity index (χ2n) is 4.29. The van der Waals surface area contributed by atoms with Gasteiger partial charge in [-0.2, -0.15) is 0 Å². The molecule has 2 rings (SSSR count). The van der Waals surface area contributed by atoms with Crippen LogP contribution in [0.3, 0.4) is 0 Å². The number of methoxy groups -OCH3 is 1. The number of hydrogen-bond acceptors (Lipinski definition) is 4. The minimum Gasteiger partial charge on any atom is -0.496 e. The highest BCUT2D eigenvalue weighted by molar-refractivity contribution is 5.59. The lowest BCUT2D eigenvalue weighted by Crippen LogP contribution is -2.03. The number of rotatable bonds is 7. The molecule has 110 valence electrons. The molecule has 2 aromatic rings. The number of hydrogen-bond donors (Lipinski definition) is 2. The van der Waals surface area contributed by atoms with Gasteiger partial charge in [0.1, 0.15) is 17.8 Å². The number of nitrogens with zero attached hydrogens (tertiary/aromatic N) is 1. The molecule has 0 spiro atoms. The van der Waals surface area contributed by atoms with Gasteiger partial charge in [-0.05, 0) is 35.9 Å². The zero-order valence-electron chi connectivity index (χ0n) is 11.8. The van der Waals surface area contributed by atoms with Crippen LogP contribution >= 0.6 is 0 Å². The summed E-state index contributed by atoms with van der Waals surface area (Å²) in [5.74, 6) is 1.66. The van der Waals surface area contributed by atoms with Gasteiger partial charge in [-0.1, -0.05) is 18.2 Å². The Morgan fingerprint density at radius 1 is 1.14 bits per heavy atom. The lowest BCUT2D eigenvalue weighted by atomic mass is 10.1. The van der Waals surface area contributed by atoms with Crippen molar-refractivity contribution in [2.75, 3.05) is 13.7 Å². The van der Waals surface area contributed by atoms with Crippen molar-refractivity contribution in [3.8, 4) is 11.5 Å². The van der Waals surface area contributed by atoms with Gasteiger partial charge in [0.15, 0.2) is 0 Å². The molecule has 0 unspecified atom stereocenters. The second kappa shape index (κ2) is 7.91. The summed E-state index contributed by atoms with van der Waals surface area (Å²) >= 11 is 0. The maximum Gasteiger partial charge on any atom is 0.122 e. The van der Waals surface area contributed by atoms with Crippen molar-refractivity contribution in [3.63, 3.8) is 0 Å². The van der Waals surface area contributed by atoms with E-state index in [9.17, 15) is 0 Å². The Hall–Kier alpha value is -2.53. The minimum atomic E-state index is 0.571. The van der Waals surface area contributed by atoms with E-state index in [1.165, 1.54) is 6.34 Å². The van der Waals surface area contributed by atoms with Crippen molar-refractivity contribution in [2.24, 2.45) is 4.99 Å². The van der Waals surface area contributed by atoms with Crippen molar-refractivity contribution in [3.05, 3.63) is 54.1 Å². The molecule has 0 bridgehead atoms. The third-order valence-electron chi connectivity index (χ3n) is 2.94. The van der Waals surface area contributed by atoms with Crippen LogP contribution in [-0.2, 0) is 6.42 Å². The maximum absolute atomic E-state index is 8.42. The zero-order valence-corrected chi connectivity index (χ0v) is 11.8. The molecule has 5 heteroatoms. The number of aliphatic imine (C=N–C) groups is 1. The van der Waals surface area contributed by atoms with Gasteiger partial charge in [-0.25, -0.2) is 4.99 Å². The molecule has 21 heavy (non-hydrogen) atoms. The van der Waals surface area contributed by atoms with E-state index >= 15 is 0 Å². The van der Waals surface area contributed by atoms with Gasteiger partial charge < -0.3 is 9.47 Å². The fraction of sp³-hybridized carbons (Fsp3) is 0.188. The molecule has 2 N–H and O–H groups in total. The Labute approximate surface area is 123 Å². The molecule has 0 aromatic heterocycles. The van der Waals surface area contributed by atoms with E-state index in [2.05, 4.69) is 4.99 Å². The Morgan fingerprint density at radius 3 is 2.62 bits per heavy atom. The number of hydroxylamine groups is 1. The molecular formula is C16H18N2O3. The molecule has 0 aliphatic heterocycles. The Kier molecular flexibility index (Phi) is 5.60. The van der Waals surface area contributed by atoms with Crippen LogP contribution in [0.25, 0.3) is 0 Å². The van der Waals surface area contributed by atoms with Gasteiger partial charge in [-0.15, -0.1) is 0 Å². The van der Waals surface area contributed by atoms with Crippen LogP contribution in [0, 0.1) is 0 Å². The van der Waals surface area contributed by atoms with Crippen LogP contribution in [0.5, 0.6) is 11.5 Å². The van der Waals surface area contributed by atoms with Crippen LogP contribution in [0.15, 0.2) is 53.5 Å². The number of ether oxygens (including phenoxy) is 2. The first-order chi connectivity index (χ1) is 10.3. The standard InChI is InChI=1S/C16H18N2O3/c1-20-16-5-3-2-4-13(16)10-11-21-15-8-6-14(7-9-15)17-12-18-19/h2-9,12,19H,10-11H2,1H3,(H,17,18). The monoisotopic (exact) mass is 286 g/mol. The zero-order chi connectivity index (χ0) is 14.9. The fourth-order valence-electron chi connectivity index (χ4n) is 1.92. The molecule has 5 nitrogen and oxygen atoms in total. The summed E-state index contributed by atoms with van der Waals surface area (Å²) in [5, 5.41) is 8.42. The smallest absolute Gasteiger partial charge is 0.122 e. The lowest BCUT2D eigenvalue weighted by Gasteiger charge is -2.09. The summed E-state index contributed by atoms with van der Waals surface area (Å²) in [4.78, 5) is 3.96. The first kappa shape index (κ1) is 14.9. The predicted octanol–water partition coefficient (Wildman–Crippen LogP) is 2.96. The minimum absolute atomic E-state index is 0.571. The van der Waals surface area contributed by atoms with Crippen LogP contribution < -0.4 is 15.0 Å². The summed E-state index contributed by atoms with van der Waals surface area (Å²) in [6.45, 7) is 0.571. The van der Waals surface area contributed by atoms with Crippen LogP contribution in [0.1, 0.15) is 5.56 Å². The molecule has 0 atom stereocenters. The molecule has 0 radical (unpaired) electrons. The van der Waals surface area contributed by atoms with E-state index in [-0.39, 0.29) is 0 Å². The summed E-state index contributed by atoms with van der Waals surface area (Å²) in [7, 11) is 1.67. The average molecular weight is 286 g/mol. The molecule has 2 aromatic carbocycles. The number of nitrogens with one attached hydrogen (secondary N) is 1. The maximum atomic E-state index is 8.42. The topological polar surface area (TPSA) is 63.1 Å². The summed E-state index contributed by atoms with van der Waals surface area (Å²) in [6, 6.07) is 15.2. The van der Waals surface area contributed by atoms with Gasteiger partial charge in [0.2, 0.25) is 0 Å². The van der Waals surface area contributed by atoms with Crippen molar-refractivity contribution in [1.29, 1.82) is 0 Å². The highest BCUT2D eigenvalue weighted by atomic mass is 16.5. The molecule has 0 heterocycles. The van der Waals surface area contributed by atoms with Gasteiger partial charge in [0.05, 0.1) is 19.4 Å². The molecule has 0 aliphatic rings. The van der Waals surface area contributed by atoms with Crippen molar-refractivity contribution >= 4 is 12.0 Å². The van der Waals surface area contributed by atoms with E-state index in [1.54, 1.807) is 7.11 Å². The molecular weight excluding hydrogens is 268 g/mol. The SMILES string of the molecule is COc1ccccc1CCOc1ccc(N=CNO)cc1. The second-order valence-corrected chi connectivity index (χ2v) is 4.29. The van der Waals surface area contributed by atoms with E-state index in [0.29, 0.717) is 6.61 Å². The first-order valence-corrected chi connectivity index (χ1v) is 6.60. The fourth-order valence-corrected chi connectivity index (χ4v) is 1.92. The van der Waals surface area contributed by atoms with Crippen molar-refractivity contribution < 1.29 is 14.7 Å². The molecule has 0 amide bonds. The predicted molar refractivity (Wildman–Crippen MR) is 81.7 cm³/mol. The van der Waals surface area contributed by atoms with Gasteiger partial charge in [0, 0.05) is 6.42 Å². The quantitative estimate of drug-likeness (QED) is 0.466. The molecule has 0 aliphatic carbocycles. The van der Waals surface area contributed by atoms with E-state index in [1.807, 2.05) is 54.0 Å². The number of para-hydroxylation sites is 1. The van der Waals surface area contributed by atoms with Crippen LogP contribution in [0.2, 0.25) is 0 Å².